The van der Waals surface area contributed by atoms with Gasteiger partial charge in [-0.05, 0) is 31.7 Å². The average Bonchev–Trinajstić information content (AvgIpc) is 2.90. The van der Waals surface area contributed by atoms with Crippen LogP contribution in [0, 0.1) is 5.92 Å². The number of guanidine groups is 1. The van der Waals surface area contributed by atoms with Crippen LogP contribution in [0.1, 0.15) is 38.2 Å². The molecule has 0 saturated carbocycles. The fourth-order valence-electron chi connectivity index (χ4n) is 3.67. The second-order valence-corrected chi connectivity index (χ2v) is 7.09. The number of benzene rings is 1. The van der Waals surface area contributed by atoms with Crippen LogP contribution in [0.4, 0.5) is 0 Å². The highest BCUT2D eigenvalue weighted by Gasteiger charge is 2.23. The van der Waals surface area contributed by atoms with E-state index >= 15 is 0 Å². The second kappa shape index (κ2) is 11.3. The van der Waals surface area contributed by atoms with Crippen LogP contribution in [0.5, 0.6) is 11.5 Å². The molecule has 3 rings (SSSR count). The van der Waals surface area contributed by atoms with Crippen molar-refractivity contribution in [1.29, 1.82) is 0 Å². The van der Waals surface area contributed by atoms with Crippen molar-refractivity contribution in [3.63, 3.8) is 0 Å². The number of nitrogens with two attached hydrogens (primary N) is 1. The lowest BCUT2D eigenvalue weighted by molar-refractivity contribution is -0.119. The summed E-state index contributed by atoms with van der Waals surface area (Å²) in [4.78, 5) is 18.4. The molecule has 2 aliphatic heterocycles. The van der Waals surface area contributed by atoms with Crippen LogP contribution in [-0.2, 0) is 11.3 Å². The topological polar surface area (TPSA) is 89.2 Å². The molecule has 2 heterocycles. The molecule has 8 heteroatoms. The number of carbonyl (C=O) groups excluding carboxylic acids is 1. The van der Waals surface area contributed by atoms with Gasteiger partial charge in [-0.3, -0.25) is 4.79 Å². The zero-order chi connectivity index (χ0) is 19.1. The van der Waals surface area contributed by atoms with Crippen molar-refractivity contribution >= 4 is 35.8 Å². The van der Waals surface area contributed by atoms with Crippen LogP contribution in [0.2, 0.25) is 0 Å². The standard InChI is InChI=1S/C20H30N4O3.HI/c1-2-22-20(24-9-4-6-15(14-24)12-18(21)25)23-13-16-7-3-8-17-19(16)27-11-5-10-26-17;/h3,7-8,15H,2,4-6,9-14H2,1H3,(H2,21,25)(H,22,23);1H. The maximum Gasteiger partial charge on any atom is 0.217 e. The molecule has 1 atom stereocenters. The number of amides is 1. The predicted molar refractivity (Wildman–Crippen MR) is 120 cm³/mol. The van der Waals surface area contributed by atoms with Crippen molar-refractivity contribution in [3.8, 4) is 11.5 Å². The van der Waals surface area contributed by atoms with Gasteiger partial charge in [0.15, 0.2) is 17.5 Å². The first-order chi connectivity index (χ1) is 13.2. The summed E-state index contributed by atoms with van der Waals surface area (Å²) < 4.78 is 11.7. The number of hydrogen-bond acceptors (Lipinski definition) is 4. The van der Waals surface area contributed by atoms with E-state index in [1.807, 2.05) is 18.2 Å². The van der Waals surface area contributed by atoms with Gasteiger partial charge in [-0.25, -0.2) is 4.99 Å². The summed E-state index contributed by atoms with van der Waals surface area (Å²) in [6, 6.07) is 5.96. The normalized spacial score (nSPS) is 19.4. The molecule has 0 spiro atoms. The van der Waals surface area contributed by atoms with E-state index in [1.54, 1.807) is 0 Å². The molecule has 1 unspecified atom stereocenters. The Labute approximate surface area is 184 Å². The molecule has 1 aromatic carbocycles. The number of hydrogen-bond donors (Lipinski definition) is 2. The van der Waals surface area contributed by atoms with E-state index in [0.29, 0.717) is 32.1 Å². The van der Waals surface area contributed by atoms with Gasteiger partial charge >= 0.3 is 0 Å². The number of nitrogens with zero attached hydrogens (tertiary/aromatic N) is 2. The number of fused-ring (bicyclic) bond motifs is 1. The fraction of sp³-hybridized carbons (Fsp3) is 0.600. The Balaban J connectivity index is 0.00000280. The van der Waals surface area contributed by atoms with Crippen molar-refractivity contribution in [3.05, 3.63) is 23.8 Å². The van der Waals surface area contributed by atoms with E-state index in [0.717, 1.165) is 61.9 Å². The number of halogens is 1. The molecular weight excluding hydrogens is 471 g/mol. The Morgan fingerprint density at radius 2 is 2.14 bits per heavy atom. The number of para-hydroxylation sites is 1. The van der Waals surface area contributed by atoms with Crippen LogP contribution >= 0.6 is 24.0 Å². The smallest absolute Gasteiger partial charge is 0.217 e. The van der Waals surface area contributed by atoms with Gasteiger partial charge in [0, 0.05) is 38.0 Å². The molecule has 0 aliphatic carbocycles. The molecule has 1 amide bonds. The van der Waals surface area contributed by atoms with Crippen molar-refractivity contribution in [1.82, 2.24) is 10.2 Å². The third-order valence-corrected chi connectivity index (χ3v) is 4.90. The Kier molecular flexibility index (Phi) is 9.14. The lowest BCUT2D eigenvalue weighted by atomic mass is 9.95. The van der Waals surface area contributed by atoms with Gasteiger partial charge in [0.2, 0.25) is 5.91 Å². The Morgan fingerprint density at radius 1 is 1.32 bits per heavy atom. The van der Waals surface area contributed by atoms with Gasteiger partial charge in [0.1, 0.15) is 0 Å². The van der Waals surface area contributed by atoms with E-state index in [4.69, 9.17) is 20.2 Å². The molecular formula is C20H31IN4O3. The summed E-state index contributed by atoms with van der Waals surface area (Å²) >= 11 is 0. The highest BCUT2D eigenvalue weighted by atomic mass is 127. The number of aliphatic imine (C=N–C) groups is 1. The number of carbonyl (C=O) groups is 1. The molecule has 1 fully saturated rings. The van der Waals surface area contributed by atoms with Gasteiger partial charge in [0.25, 0.3) is 0 Å². The summed E-state index contributed by atoms with van der Waals surface area (Å²) in [6.45, 7) is 6.46. The fourth-order valence-corrected chi connectivity index (χ4v) is 3.67. The summed E-state index contributed by atoms with van der Waals surface area (Å²) in [6.07, 6.45) is 3.40. The maximum atomic E-state index is 11.3. The molecule has 0 aromatic heterocycles. The molecule has 7 nitrogen and oxygen atoms in total. The van der Waals surface area contributed by atoms with Crippen molar-refractivity contribution in [2.24, 2.45) is 16.6 Å². The Hall–Kier alpha value is -1.71. The molecule has 0 radical (unpaired) electrons. The molecule has 156 valence electrons. The minimum absolute atomic E-state index is 0. The number of nitrogens with one attached hydrogen (secondary N) is 1. The Bertz CT molecular complexity index is 683. The lowest BCUT2D eigenvalue weighted by Gasteiger charge is -2.34. The van der Waals surface area contributed by atoms with Crippen LogP contribution in [-0.4, -0.2) is 49.6 Å². The third-order valence-electron chi connectivity index (χ3n) is 4.90. The van der Waals surface area contributed by atoms with E-state index in [-0.39, 0.29) is 29.9 Å². The summed E-state index contributed by atoms with van der Waals surface area (Å²) in [5, 5.41) is 3.38. The van der Waals surface area contributed by atoms with E-state index in [9.17, 15) is 4.79 Å². The van der Waals surface area contributed by atoms with E-state index < -0.39 is 0 Å². The number of primary amides is 1. The number of piperidine rings is 1. The SMILES string of the molecule is CCNC(=NCc1cccc2c1OCCCO2)N1CCCC(CC(N)=O)C1.I. The first-order valence-electron chi connectivity index (χ1n) is 9.86. The lowest BCUT2D eigenvalue weighted by Crippen LogP contribution is -2.47. The maximum absolute atomic E-state index is 11.3. The average molecular weight is 502 g/mol. The predicted octanol–water partition coefficient (Wildman–Crippen LogP) is 2.52. The zero-order valence-corrected chi connectivity index (χ0v) is 18.8. The molecule has 0 bridgehead atoms. The monoisotopic (exact) mass is 502 g/mol. The van der Waals surface area contributed by atoms with Crippen LogP contribution in [0.3, 0.4) is 0 Å². The number of rotatable bonds is 5. The number of likely N-dealkylation sites (tertiary alicyclic amines) is 1. The highest BCUT2D eigenvalue weighted by molar-refractivity contribution is 14.0. The van der Waals surface area contributed by atoms with E-state index in [1.165, 1.54) is 0 Å². The van der Waals surface area contributed by atoms with Gasteiger partial charge in [-0.15, -0.1) is 24.0 Å². The van der Waals surface area contributed by atoms with Gasteiger partial charge < -0.3 is 25.4 Å². The minimum atomic E-state index is -0.229. The van der Waals surface area contributed by atoms with Crippen LogP contribution in [0.25, 0.3) is 0 Å². The Morgan fingerprint density at radius 3 is 2.93 bits per heavy atom. The molecule has 2 aliphatic rings. The first kappa shape index (κ1) is 22.6. The molecule has 1 aromatic rings. The van der Waals surface area contributed by atoms with Crippen molar-refractivity contribution in [2.45, 2.75) is 39.2 Å². The summed E-state index contributed by atoms with van der Waals surface area (Å²) in [5.41, 5.74) is 6.41. The van der Waals surface area contributed by atoms with Gasteiger partial charge in [0.05, 0.1) is 19.8 Å². The highest BCUT2D eigenvalue weighted by Crippen LogP contribution is 2.33. The minimum Gasteiger partial charge on any atom is -0.490 e. The molecule has 3 N–H and O–H groups in total. The molecule has 1 saturated heterocycles. The zero-order valence-electron chi connectivity index (χ0n) is 16.5. The first-order valence-corrected chi connectivity index (χ1v) is 9.86. The molecule has 28 heavy (non-hydrogen) atoms. The van der Waals surface area contributed by atoms with Crippen LogP contribution < -0.4 is 20.5 Å². The van der Waals surface area contributed by atoms with Gasteiger partial charge in [-0.1, -0.05) is 12.1 Å². The number of ether oxygens (including phenoxy) is 2. The van der Waals surface area contributed by atoms with Crippen LogP contribution in [0.15, 0.2) is 23.2 Å². The second-order valence-electron chi connectivity index (χ2n) is 7.09. The van der Waals surface area contributed by atoms with Crippen molar-refractivity contribution in [2.75, 3.05) is 32.8 Å². The third kappa shape index (κ3) is 6.15. The summed E-state index contributed by atoms with van der Waals surface area (Å²) in [7, 11) is 0. The summed E-state index contributed by atoms with van der Waals surface area (Å²) in [5.74, 6) is 2.54. The quantitative estimate of drug-likeness (QED) is 0.367. The van der Waals surface area contributed by atoms with E-state index in [2.05, 4.69) is 17.1 Å². The van der Waals surface area contributed by atoms with Gasteiger partial charge in [-0.2, -0.15) is 0 Å². The van der Waals surface area contributed by atoms with Crippen molar-refractivity contribution < 1.29 is 14.3 Å². The largest absolute Gasteiger partial charge is 0.490 e.